The van der Waals surface area contributed by atoms with Crippen LogP contribution in [0, 0.1) is 0 Å². The summed E-state index contributed by atoms with van der Waals surface area (Å²) in [5.41, 5.74) is 1.90. The van der Waals surface area contributed by atoms with E-state index in [1.165, 1.54) is 0 Å². The fourth-order valence-corrected chi connectivity index (χ4v) is 3.20. The Labute approximate surface area is 146 Å². The predicted octanol–water partition coefficient (Wildman–Crippen LogP) is 5.51. The van der Waals surface area contributed by atoms with E-state index >= 15 is 0 Å². The van der Waals surface area contributed by atoms with Gasteiger partial charge < -0.3 is 5.11 Å². The fourth-order valence-electron chi connectivity index (χ4n) is 3.20. The van der Waals surface area contributed by atoms with E-state index in [1.54, 1.807) is 12.1 Å². The van der Waals surface area contributed by atoms with E-state index in [-0.39, 0.29) is 11.5 Å². The van der Waals surface area contributed by atoms with Crippen LogP contribution in [0.2, 0.25) is 0 Å². The van der Waals surface area contributed by atoms with Crippen molar-refractivity contribution in [2.24, 2.45) is 0 Å². The van der Waals surface area contributed by atoms with Gasteiger partial charge in [0.05, 0.1) is 0 Å². The monoisotopic (exact) mass is 326 g/mol. The molecule has 0 spiro atoms. The maximum absolute atomic E-state index is 12.5. The van der Waals surface area contributed by atoms with Gasteiger partial charge in [-0.2, -0.15) is 0 Å². The minimum atomic E-state index is 0.163. The molecule has 0 radical (unpaired) electrons. The molecule has 0 unspecified atom stereocenters. The van der Waals surface area contributed by atoms with Crippen LogP contribution in [0.1, 0.15) is 22.3 Å². The van der Waals surface area contributed by atoms with Crippen molar-refractivity contribution >= 4 is 27.3 Å². The molecule has 0 aliphatic rings. The van der Waals surface area contributed by atoms with Gasteiger partial charge in [-0.15, -0.1) is 0 Å². The van der Waals surface area contributed by atoms with Gasteiger partial charge in [-0.3, -0.25) is 4.79 Å². The molecule has 1 N–H and O–H groups in total. The SMILES string of the molecule is O=C(CCc1ccc2cc(O)ccc2c1)c1ccc2ccccc2c1. The zero-order valence-electron chi connectivity index (χ0n) is 13.8. The summed E-state index contributed by atoms with van der Waals surface area (Å²) in [7, 11) is 0. The summed E-state index contributed by atoms with van der Waals surface area (Å²) in [4.78, 5) is 12.5. The minimum Gasteiger partial charge on any atom is -0.508 e. The van der Waals surface area contributed by atoms with E-state index in [2.05, 4.69) is 12.1 Å². The van der Waals surface area contributed by atoms with Crippen molar-refractivity contribution in [1.29, 1.82) is 0 Å². The molecule has 0 aromatic heterocycles. The van der Waals surface area contributed by atoms with Gasteiger partial charge in [0.1, 0.15) is 5.75 Å². The van der Waals surface area contributed by atoms with Crippen LogP contribution in [-0.4, -0.2) is 10.9 Å². The number of aromatic hydroxyl groups is 1. The summed E-state index contributed by atoms with van der Waals surface area (Å²) in [6, 6.07) is 25.4. The molecule has 0 bridgehead atoms. The van der Waals surface area contributed by atoms with Crippen LogP contribution in [0.5, 0.6) is 5.75 Å². The molecule has 2 nitrogen and oxygen atoms in total. The third kappa shape index (κ3) is 3.24. The van der Waals surface area contributed by atoms with E-state index in [0.29, 0.717) is 12.8 Å². The van der Waals surface area contributed by atoms with E-state index in [9.17, 15) is 9.90 Å². The van der Waals surface area contributed by atoms with Crippen LogP contribution in [-0.2, 0) is 6.42 Å². The molecule has 0 aliphatic heterocycles. The quantitative estimate of drug-likeness (QED) is 0.502. The van der Waals surface area contributed by atoms with Crippen LogP contribution in [0.4, 0.5) is 0 Å². The molecule has 25 heavy (non-hydrogen) atoms. The zero-order valence-corrected chi connectivity index (χ0v) is 13.8. The molecule has 0 aliphatic carbocycles. The number of carbonyl (C=O) groups is 1. The Hall–Kier alpha value is -3.13. The van der Waals surface area contributed by atoms with E-state index in [1.807, 2.05) is 54.6 Å². The highest BCUT2D eigenvalue weighted by molar-refractivity contribution is 6.00. The number of benzene rings is 4. The Morgan fingerprint density at radius 3 is 2.28 bits per heavy atom. The highest BCUT2D eigenvalue weighted by Gasteiger charge is 2.08. The number of fused-ring (bicyclic) bond motifs is 2. The van der Waals surface area contributed by atoms with Gasteiger partial charge in [0.2, 0.25) is 0 Å². The number of rotatable bonds is 4. The highest BCUT2D eigenvalue weighted by atomic mass is 16.3. The van der Waals surface area contributed by atoms with Crippen molar-refractivity contribution < 1.29 is 9.90 Å². The molecular weight excluding hydrogens is 308 g/mol. The lowest BCUT2D eigenvalue weighted by Crippen LogP contribution is -2.01. The number of hydrogen-bond donors (Lipinski definition) is 1. The van der Waals surface area contributed by atoms with Crippen LogP contribution in [0.25, 0.3) is 21.5 Å². The predicted molar refractivity (Wildman–Crippen MR) is 102 cm³/mol. The summed E-state index contributed by atoms with van der Waals surface area (Å²) in [5.74, 6) is 0.434. The van der Waals surface area contributed by atoms with Crippen molar-refractivity contribution in [3.05, 3.63) is 90.0 Å². The van der Waals surface area contributed by atoms with Crippen LogP contribution in [0.3, 0.4) is 0 Å². The second kappa shape index (κ2) is 6.40. The summed E-state index contributed by atoms with van der Waals surface area (Å²) in [6.07, 6.45) is 1.20. The highest BCUT2D eigenvalue weighted by Crippen LogP contribution is 2.22. The first-order valence-corrected chi connectivity index (χ1v) is 8.43. The number of aryl methyl sites for hydroxylation is 1. The molecule has 4 rings (SSSR count). The van der Waals surface area contributed by atoms with Crippen LogP contribution in [0.15, 0.2) is 78.9 Å². The van der Waals surface area contributed by atoms with Crippen LogP contribution >= 0.6 is 0 Å². The molecular formula is C23H18O2. The summed E-state index contributed by atoms with van der Waals surface area (Å²) >= 11 is 0. The van der Waals surface area contributed by atoms with Crippen molar-refractivity contribution in [2.45, 2.75) is 12.8 Å². The number of ketones is 1. The number of carbonyl (C=O) groups excluding carboxylic acids is 1. The topological polar surface area (TPSA) is 37.3 Å². The second-order valence-electron chi connectivity index (χ2n) is 6.35. The molecule has 0 fully saturated rings. The standard InChI is InChI=1S/C23H18O2/c24-22-11-10-19-13-16(5-7-20(19)15-22)6-12-23(25)21-9-8-17-3-1-2-4-18(17)14-21/h1-5,7-11,13-15,24H,6,12H2. The number of hydrogen-bond acceptors (Lipinski definition) is 2. The first-order valence-electron chi connectivity index (χ1n) is 8.43. The molecule has 2 heteroatoms. The Bertz CT molecular complexity index is 1080. The van der Waals surface area contributed by atoms with Gasteiger partial charge in [-0.1, -0.05) is 60.7 Å². The van der Waals surface area contributed by atoms with Gasteiger partial charge in [0.25, 0.3) is 0 Å². The molecule has 0 heterocycles. The van der Waals surface area contributed by atoms with Crippen molar-refractivity contribution in [1.82, 2.24) is 0 Å². The maximum atomic E-state index is 12.5. The number of Topliss-reactive ketones (excluding diaryl/α,β-unsaturated/α-hetero) is 1. The maximum Gasteiger partial charge on any atom is 0.163 e. The molecule has 0 saturated carbocycles. The van der Waals surface area contributed by atoms with Crippen molar-refractivity contribution in [2.75, 3.05) is 0 Å². The molecule has 122 valence electrons. The van der Waals surface area contributed by atoms with E-state index in [0.717, 1.165) is 32.7 Å². The fraction of sp³-hybridized carbons (Fsp3) is 0.0870. The molecule has 0 saturated heterocycles. The smallest absolute Gasteiger partial charge is 0.163 e. The molecule has 0 amide bonds. The van der Waals surface area contributed by atoms with Crippen molar-refractivity contribution in [3.63, 3.8) is 0 Å². The largest absolute Gasteiger partial charge is 0.508 e. The first-order chi connectivity index (χ1) is 12.2. The van der Waals surface area contributed by atoms with Gasteiger partial charge in [-0.25, -0.2) is 0 Å². The first kappa shape index (κ1) is 15.4. The Kier molecular flexibility index (Phi) is 3.95. The number of phenols is 1. The number of phenolic OH excluding ortho intramolecular Hbond substituents is 1. The van der Waals surface area contributed by atoms with Crippen LogP contribution < -0.4 is 0 Å². The van der Waals surface area contributed by atoms with Crippen molar-refractivity contribution in [3.8, 4) is 5.75 Å². The Morgan fingerprint density at radius 2 is 1.40 bits per heavy atom. The molecule has 4 aromatic rings. The summed E-state index contributed by atoms with van der Waals surface area (Å²) in [6.45, 7) is 0. The summed E-state index contributed by atoms with van der Waals surface area (Å²) < 4.78 is 0. The lowest BCUT2D eigenvalue weighted by molar-refractivity contribution is 0.0983. The molecule has 4 aromatic carbocycles. The summed E-state index contributed by atoms with van der Waals surface area (Å²) in [5, 5.41) is 13.9. The Morgan fingerprint density at radius 1 is 0.720 bits per heavy atom. The molecule has 0 atom stereocenters. The van der Waals surface area contributed by atoms with E-state index < -0.39 is 0 Å². The normalized spacial score (nSPS) is 11.0. The van der Waals surface area contributed by atoms with Gasteiger partial charge in [0.15, 0.2) is 5.78 Å². The third-order valence-electron chi connectivity index (χ3n) is 4.60. The van der Waals surface area contributed by atoms with Gasteiger partial charge >= 0.3 is 0 Å². The lowest BCUT2D eigenvalue weighted by Gasteiger charge is -2.06. The van der Waals surface area contributed by atoms with Gasteiger partial charge in [-0.05, 0) is 51.7 Å². The minimum absolute atomic E-state index is 0.163. The average molecular weight is 326 g/mol. The lowest BCUT2D eigenvalue weighted by atomic mass is 9.98. The third-order valence-corrected chi connectivity index (χ3v) is 4.60. The Balaban J connectivity index is 1.51. The second-order valence-corrected chi connectivity index (χ2v) is 6.35. The average Bonchev–Trinajstić information content (AvgIpc) is 2.65. The van der Waals surface area contributed by atoms with Gasteiger partial charge in [0, 0.05) is 12.0 Å². The zero-order chi connectivity index (χ0) is 17.2. The van der Waals surface area contributed by atoms with E-state index in [4.69, 9.17) is 0 Å².